The van der Waals surface area contributed by atoms with E-state index >= 15 is 0 Å². The first kappa shape index (κ1) is 8.84. The van der Waals surface area contributed by atoms with Crippen LogP contribution in [0.4, 0.5) is 0 Å². The largest absolute Gasteiger partial charge is 0.392 e. The van der Waals surface area contributed by atoms with Crippen molar-refractivity contribution >= 4 is 31.9 Å². The van der Waals surface area contributed by atoms with Crippen LogP contribution in [-0.4, -0.2) is 31.5 Å². The van der Waals surface area contributed by atoms with E-state index in [-0.39, 0.29) is 0 Å². The van der Waals surface area contributed by atoms with Crippen LogP contribution >= 0.6 is 31.9 Å². The van der Waals surface area contributed by atoms with Crippen molar-refractivity contribution in [1.82, 2.24) is 0 Å². The normalized spacial score (nSPS) is 22.1. The van der Waals surface area contributed by atoms with Crippen molar-refractivity contribution in [2.75, 3.05) is 6.61 Å². The van der Waals surface area contributed by atoms with Gasteiger partial charge in [0.05, 0.1) is 6.61 Å². The molecule has 0 aromatic heterocycles. The van der Waals surface area contributed by atoms with Gasteiger partial charge in [-0.3, -0.25) is 0 Å². The van der Waals surface area contributed by atoms with Crippen LogP contribution in [0.3, 0.4) is 0 Å². The molecule has 0 amide bonds. The summed E-state index contributed by atoms with van der Waals surface area (Å²) in [4.78, 5) is 0. The smallest absolute Gasteiger partial charge is 0.178 e. The third-order valence-corrected chi connectivity index (χ3v) is 2.64. The minimum absolute atomic E-state index is 0.542. The van der Waals surface area contributed by atoms with Gasteiger partial charge in [0.15, 0.2) is 4.51 Å². The van der Waals surface area contributed by atoms with Crippen LogP contribution in [0.5, 0.6) is 0 Å². The van der Waals surface area contributed by atoms with Crippen molar-refractivity contribution < 1.29 is 15.3 Å². The van der Waals surface area contributed by atoms with Crippen LogP contribution < -0.4 is 0 Å². The van der Waals surface area contributed by atoms with Crippen LogP contribution in [-0.2, 0) is 0 Å². The van der Waals surface area contributed by atoms with E-state index in [4.69, 9.17) is 15.3 Å². The fourth-order valence-electron chi connectivity index (χ4n) is 0.0753. The first-order valence-electron chi connectivity index (χ1n) is 1.85. The quantitative estimate of drug-likeness (QED) is 0.593. The lowest BCUT2D eigenvalue weighted by Gasteiger charge is -2.18. The number of alkyl halides is 2. The van der Waals surface area contributed by atoms with E-state index in [2.05, 4.69) is 31.9 Å². The average Bonchev–Trinajstić information content (AvgIpc) is 1.67. The Morgan fingerprint density at radius 3 is 2.00 bits per heavy atom. The molecule has 8 heavy (non-hydrogen) atoms. The molecule has 2 atom stereocenters. The van der Waals surface area contributed by atoms with Crippen LogP contribution in [0.1, 0.15) is 0 Å². The van der Waals surface area contributed by atoms with E-state index < -0.39 is 16.1 Å². The number of hydrogen-bond donors (Lipinski definition) is 3. The fraction of sp³-hybridized carbons (Fsp3) is 1.00. The monoisotopic (exact) mass is 248 g/mol. The van der Waals surface area contributed by atoms with Crippen LogP contribution in [0.15, 0.2) is 0 Å². The van der Waals surface area contributed by atoms with Crippen molar-refractivity contribution in [3.05, 3.63) is 0 Å². The lowest BCUT2D eigenvalue weighted by atomic mass is 10.4. The molecule has 0 saturated heterocycles. The standard InChI is InChI=1S/C3H6Br2O3/c4-2(7)3(5,8)1-6/h2,6-8H,1H2/t2-,3-/m0/s1. The highest BCUT2D eigenvalue weighted by Gasteiger charge is 2.29. The molecule has 0 bridgehead atoms. The molecule has 0 aliphatic heterocycles. The van der Waals surface area contributed by atoms with Gasteiger partial charge in [0.1, 0.15) is 5.01 Å². The zero-order chi connectivity index (χ0) is 6.78. The van der Waals surface area contributed by atoms with Gasteiger partial charge < -0.3 is 15.3 Å². The van der Waals surface area contributed by atoms with Gasteiger partial charge in [0, 0.05) is 0 Å². The minimum Gasteiger partial charge on any atom is -0.392 e. The summed E-state index contributed by atoms with van der Waals surface area (Å²) in [6, 6.07) is 0. The topological polar surface area (TPSA) is 60.7 Å². The highest BCUT2D eigenvalue weighted by Crippen LogP contribution is 2.21. The SMILES string of the molecule is OC[C@@](O)(Br)[C@H](O)Br. The highest BCUT2D eigenvalue weighted by atomic mass is 79.9. The summed E-state index contributed by atoms with van der Waals surface area (Å²) in [6.45, 7) is -0.542. The third-order valence-electron chi connectivity index (χ3n) is 0.587. The molecule has 0 spiro atoms. The van der Waals surface area contributed by atoms with Crippen molar-refractivity contribution in [2.45, 2.75) is 9.52 Å². The van der Waals surface area contributed by atoms with E-state index in [0.29, 0.717) is 0 Å². The molecule has 3 nitrogen and oxygen atoms in total. The van der Waals surface area contributed by atoms with Gasteiger partial charge in [-0.25, -0.2) is 0 Å². The summed E-state index contributed by atoms with van der Waals surface area (Å²) in [5.41, 5.74) is 0. The van der Waals surface area contributed by atoms with Crippen molar-refractivity contribution in [1.29, 1.82) is 0 Å². The molecule has 50 valence electrons. The average molecular weight is 250 g/mol. The zero-order valence-corrected chi connectivity index (χ0v) is 7.05. The zero-order valence-electron chi connectivity index (χ0n) is 3.88. The number of aliphatic hydroxyl groups excluding tert-OH is 2. The number of hydrogen-bond acceptors (Lipinski definition) is 3. The van der Waals surface area contributed by atoms with Crippen LogP contribution in [0.2, 0.25) is 0 Å². The van der Waals surface area contributed by atoms with Gasteiger partial charge in [0.25, 0.3) is 0 Å². The van der Waals surface area contributed by atoms with Crippen molar-refractivity contribution in [3.63, 3.8) is 0 Å². The van der Waals surface area contributed by atoms with Gasteiger partial charge in [-0.05, 0) is 15.9 Å². The fourth-order valence-corrected chi connectivity index (χ4v) is 0.220. The molecule has 0 aromatic rings. The van der Waals surface area contributed by atoms with Gasteiger partial charge in [-0.15, -0.1) is 0 Å². The molecular weight excluding hydrogens is 244 g/mol. The maximum absolute atomic E-state index is 8.77. The first-order valence-corrected chi connectivity index (χ1v) is 3.56. The second kappa shape index (κ2) is 3.12. The molecule has 0 fully saturated rings. The molecule has 0 aliphatic carbocycles. The molecule has 0 unspecified atom stereocenters. The number of halogens is 2. The van der Waals surface area contributed by atoms with Crippen molar-refractivity contribution in [2.24, 2.45) is 0 Å². The molecule has 0 aromatic carbocycles. The second-order valence-electron chi connectivity index (χ2n) is 1.31. The Morgan fingerprint density at radius 1 is 1.62 bits per heavy atom. The Labute approximate surface area is 63.6 Å². The van der Waals surface area contributed by atoms with Crippen molar-refractivity contribution in [3.8, 4) is 0 Å². The van der Waals surface area contributed by atoms with E-state index in [1.807, 2.05) is 0 Å². The molecule has 3 N–H and O–H groups in total. The maximum atomic E-state index is 8.77. The molecule has 5 heteroatoms. The summed E-state index contributed by atoms with van der Waals surface area (Å²) in [7, 11) is 0. The summed E-state index contributed by atoms with van der Waals surface area (Å²) < 4.78 is -1.62. The summed E-state index contributed by atoms with van der Waals surface area (Å²) in [6.07, 6.45) is 0. The summed E-state index contributed by atoms with van der Waals surface area (Å²) in [5, 5.41) is 24.4. The lowest BCUT2D eigenvalue weighted by Crippen LogP contribution is -2.35. The Kier molecular flexibility index (Phi) is 3.45. The number of rotatable bonds is 2. The van der Waals surface area contributed by atoms with E-state index in [1.54, 1.807) is 0 Å². The maximum Gasteiger partial charge on any atom is 0.178 e. The summed E-state index contributed by atoms with van der Waals surface area (Å²) in [5.74, 6) is 0. The lowest BCUT2D eigenvalue weighted by molar-refractivity contribution is 0.00960. The molecule has 0 rings (SSSR count). The van der Waals surface area contributed by atoms with Crippen LogP contribution in [0, 0.1) is 0 Å². The molecule has 0 aliphatic rings. The predicted molar refractivity (Wildman–Crippen MR) is 35.9 cm³/mol. The Hall–Kier alpha value is 0.840. The van der Waals surface area contributed by atoms with E-state index in [1.165, 1.54) is 0 Å². The Bertz CT molecular complexity index is 72.9. The van der Waals surface area contributed by atoms with Gasteiger partial charge in [-0.2, -0.15) is 0 Å². The molecule has 0 saturated carbocycles. The van der Waals surface area contributed by atoms with Gasteiger partial charge in [-0.1, -0.05) is 15.9 Å². The molecular formula is C3H6Br2O3. The highest BCUT2D eigenvalue weighted by molar-refractivity contribution is 9.12. The number of aliphatic hydroxyl groups is 3. The second-order valence-corrected chi connectivity index (χ2v) is 3.55. The van der Waals surface area contributed by atoms with Gasteiger partial charge >= 0.3 is 0 Å². The first-order chi connectivity index (χ1) is 3.50. The van der Waals surface area contributed by atoms with E-state index in [9.17, 15) is 0 Å². The summed E-state index contributed by atoms with van der Waals surface area (Å²) >= 11 is 5.31. The minimum atomic E-state index is -1.62. The van der Waals surface area contributed by atoms with Crippen LogP contribution in [0.25, 0.3) is 0 Å². The third kappa shape index (κ3) is 2.41. The Balaban J connectivity index is 3.71. The Morgan fingerprint density at radius 2 is 2.00 bits per heavy atom. The molecule has 0 heterocycles. The van der Waals surface area contributed by atoms with E-state index in [0.717, 1.165) is 0 Å². The predicted octanol–water partition coefficient (Wildman–Crippen LogP) is -0.224. The van der Waals surface area contributed by atoms with Gasteiger partial charge in [0.2, 0.25) is 0 Å². The molecule has 0 radical (unpaired) electrons.